The van der Waals surface area contributed by atoms with Gasteiger partial charge in [0.25, 0.3) is 0 Å². The lowest BCUT2D eigenvalue weighted by Gasteiger charge is -2.11. The van der Waals surface area contributed by atoms with Gasteiger partial charge in [0, 0.05) is 10.5 Å². The van der Waals surface area contributed by atoms with E-state index in [1.807, 2.05) is 0 Å². The number of amides is 1. The SMILES string of the molecule is CCCCCC(CI)NC=O. The molecule has 0 saturated carbocycles. The fourth-order valence-electron chi connectivity index (χ4n) is 0.942. The summed E-state index contributed by atoms with van der Waals surface area (Å²) < 4.78 is 1.01. The summed E-state index contributed by atoms with van der Waals surface area (Å²) in [5.41, 5.74) is 0. The van der Waals surface area contributed by atoms with Crippen molar-refractivity contribution >= 4 is 29.0 Å². The van der Waals surface area contributed by atoms with Crippen LogP contribution in [0, 0.1) is 0 Å². The topological polar surface area (TPSA) is 29.1 Å². The number of hydrogen-bond acceptors (Lipinski definition) is 1. The van der Waals surface area contributed by atoms with Crippen molar-refractivity contribution in [1.29, 1.82) is 0 Å². The Hall–Kier alpha value is 0.200. The Morgan fingerprint density at radius 3 is 2.73 bits per heavy atom. The number of hydrogen-bond donors (Lipinski definition) is 1. The van der Waals surface area contributed by atoms with Crippen LogP contribution in [0.2, 0.25) is 0 Å². The van der Waals surface area contributed by atoms with Crippen LogP contribution < -0.4 is 5.32 Å². The second-order valence-corrected chi connectivity index (χ2v) is 3.51. The van der Waals surface area contributed by atoms with Gasteiger partial charge in [0.1, 0.15) is 0 Å². The van der Waals surface area contributed by atoms with Crippen molar-refractivity contribution in [1.82, 2.24) is 5.32 Å². The number of alkyl halides is 1. The Kier molecular flexibility index (Phi) is 8.45. The minimum atomic E-state index is 0.389. The molecule has 0 aliphatic heterocycles. The molecular weight excluding hydrogens is 253 g/mol. The Morgan fingerprint density at radius 2 is 2.27 bits per heavy atom. The van der Waals surface area contributed by atoms with E-state index in [-0.39, 0.29) is 0 Å². The molecular formula is C8H16INO. The zero-order valence-corrected chi connectivity index (χ0v) is 9.13. The minimum Gasteiger partial charge on any atom is -0.355 e. The first-order chi connectivity index (χ1) is 5.35. The maximum atomic E-state index is 10.1. The van der Waals surface area contributed by atoms with E-state index in [9.17, 15) is 4.79 Å². The number of carbonyl (C=O) groups is 1. The highest BCUT2D eigenvalue weighted by molar-refractivity contribution is 14.1. The molecule has 0 bridgehead atoms. The lowest BCUT2D eigenvalue weighted by atomic mass is 10.1. The van der Waals surface area contributed by atoms with Gasteiger partial charge < -0.3 is 5.32 Å². The van der Waals surface area contributed by atoms with Crippen LogP contribution in [0.4, 0.5) is 0 Å². The fourth-order valence-corrected chi connectivity index (χ4v) is 1.64. The Balaban J connectivity index is 3.27. The normalized spacial score (nSPS) is 12.5. The van der Waals surface area contributed by atoms with Crippen molar-refractivity contribution in [3.8, 4) is 0 Å². The third kappa shape index (κ3) is 6.59. The van der Waals surface area contributed by atoms with Crippen molar-refractivity contribution in [3.05, 3.63) is 0 Å². The lowest BCUT2D eigenvalue weighted by molar-refractivity contribution is -0.110. The van der Waals surface area contributed by atoms with Crippen molar-refractivity contribution in [2.45, 2.75) is 38.6 Å². The smallest absolute Gasteiger partial charge is 0.207 e. The first kappa shape index (κ1) is 11.2. The molecule has 0 radical (unpaired) electrons. The highest BCUT2D eigenvalue weighted by Gasteiger charge is 2.02. The molecule has 2 nitrogen and oxygen atoms in total. The third-order valence-electron chi connectivity index (χ3n) is 1.65. The molecule has 0 aliphatic carbocycles. The number of carbonyl (C=O) groups excluding carboxylic acids is 1. The zero-order chi connectivity index (χ0) is 8.53. The van der Waals surface area contributed by atoms with Crippen LogP contribution in [-0.2, 0) is 4.79 Å². The summed E-state index contributed by atoms with van der Waals surface area (Å²) in [6.45, 7) is 2.19. The van der Waals surface area contributed by atoms with Crippen LogP contribution in [0.25, 0.3) is 0 Å². The molecule has 1 unspecified atom stereocenters. The standard InChI is InChI=1S/C8H16INO/c1-2-3-4-5-8(6-9)10-7-11/h7-8H,2-6H2,1H3,(H,10,11). The largest absolute Gasteiger partial charge is 0.355 e. The van der Waals surface area contributed by atoms with Crippen molar-refractivity contribution in [2.75, 3.05) is 4.43 Å². The molecule has 11 heavy (non-hydrogen) atoms. The molecule has 0 aromatic rings. The van der Waals surface area contributed by atoms with E-state index in [1.54, 1.807) is 0 Å². The van der Waals surface area contributed by atoms with Gasteiger partial charge in [-0.1, -0.05) is 48.8 Å². The van der Waals surface area contributed by atoms with Gasteiger partial charge in [-0.25, -0.2) is 0 Å². The highest BCUT2D eigenvalue weighted by atomic mass is 127. The van der Waals surface area contributed by atoms with E-state index in [2.05, 4.69) is 34.8 Å². The molecule has 1 N–H and O–H groups in total. The molecule has 0 heterocycles. The molecule has 0 fully saturated rings. The minimum absolute atomic E-state index is 0.389. The summed E-state index contributed by atoms with van der Waals surface area (Å²) >= 11 is 2.30. The van der Waals surface area contributed by atoms with Crippen LogP contribution in [0.3, 0.4) is 0 Å². The molecule has 66 valence electrons. The van der Waals surface area contributed by atoms with Gasteiger partial charge >= 0.3 is 0 Å². The summed E-state index contributed by atoms with van der Waals surface area (Å²) in [4.78, 5) is 10.1. The predicted octanol–water partition coefficient (Wildman–Crippen LogP) is 2.12. The summed E-state index contributed by atoms with van der Waals surface area (Å²) in [6, 6.07) is 0.389. The molecule has 1 atom stereocenters. The third-order valence-corrected chi connectivity index (χ3v) is 2.71. The van der Waals surface area contributed by atoms with Gasteiger partial charge in [-0.05, 0) is 6.42 Å². The zero-order valence-electron chi connectivity index (χ0n) is 6.98. The van der Waals surface area contributed by atoms with Gasteiger partial charge in [-0.2, -0.15) is 0 Å². The van der Waals surface area contributed by atoms with Gasteiger partial charge in [0.05, 0.1) is 0 Å². The monoisotopic (exact) mass is 269 g/mol. The van der Waals surface area contributed by atoms with Gasteiger partial charge in [-0.15, -0.1) is 0 Å². The number of rotatable bonds is 7. The molecule has 0 saturated heterocycles. The maximum absolute atomic E-state index is 10.1. The number of halogens is 1. The first-order valence-electron chi connectivity index (χ1n) is 4.10. The van der Waals surface area contributed by atoms with E-state index in [1.165, 1.54) is 19.3 Å². The van der Waals surface area contributed by atoms with Crippen LogP contribution >= 0.6 is 22.6 Å². The summed E-state index contributed by atoms with van der Waals surface area (Å²) in [6.07, 6.45) is 5.67. The second kappa shape index (κ2) is 8.30. The maximum Gasteiger partial charge on any atom is 0.207 e. The van der Waals surface area contributed by atoms with Crippen molar-refractivity contribution < 1.29 is 4.79 Å². The average molecular weight is 269 g/mol. The molecule has 0 aliphatic rings. The Labute approximate surface area is 82.3 Å². The summed E-state index contributed by atoms with van der Waals surface area (Å²) in [7, 11) is 0. The van der Waals surface area contributed by atoms with Crippen LogP contribution in [0.15, 0.2) is 0 Å². The lowest BCUT2D eigenvalue weighted by Crippen LogP contribution is -2.28. The van der Waals surface area contributed by atoms with E-state index in [0.717, 1.165) is 17.3 Å². The molecule has 0 rings (SSSR count). The summed E-state index contributed by atoms with van der Waals surface area (Å²) in [5, 5.41) is 2.80. The average Bonchev–Trinajstić information content (AvgIpc) is 2.03. The van der Waals surface area contributed by atoms with Gasteiger partial charge in [-0.3, -0.25) is 4.79 Å². The highest BCUT2D eigenvalue weighted by Crippen LogP contribution is 2.04. The van der Waals surface area contributed by atoms with E-state index >= 15 is 0 Å². The van der Waals surface area contributed by atoms with Crippen LogP contribution in [-0.4, -0.2) is 16.9 Å². The van der Waals surface area contributed by atoms with Gasteiger partial charge in [0.2, 0.25) is 6.41 Å². The Bertz CT molecular complexity index is 98.1. The molecule has 3 heteroatoms. The molecule has 1 amide bonds. The van der Waals surface area contributed by atoms with Crippen molar-refractivity contribution in [2.24, 2.45) is 0 Å². The van der Waals surface area contributed by atoms with E-state index in [4.69, 9.17) is 0 Å². The number of nitrogens with one attached hydrogen (secondary N) is 1. The fraction of sp³-hybridized carbons (Fsp3) is 0.875. The van der Waals surface area contributed by atoms with E-state index in [0.29, 0.717) is 6.04 Å². The molecule has 0 aromatic carbocycles. The molecule has 0 spiro atoms. The molecule has 0 aromatic heterocycles. The van der Waals surface area contributed by atoms with E-state index < -0.39 is 0 Å². The van der Waals surface area contributed by atoms with Crippen LogP contribution in [0.5, 0.6) is 0 Å². The van der Waals surface area contributed by atoms with Crippen LogP contribution in [0.1, 0.15) is 32.6 Å². The summed E-state index contributed by atoms with van der Waals surface area (Å²) in [5.74, 6) is 0. The van der Waals surface area contributed by atoms with Crippen molar-refractivity contribution in [3.63, 3.8) is 0 Å². The first-order valence-corrected chi connectivity index (χ1v) is 5.63. The second-order valence-electron chi connectivity index (χ2n) is 2.63. The van der Waals surface area contributed by atoms with Gasteiger partial charge in [0.15, 0.2) is 0 Å². The predicted molar refractivity (Wildman–Crippen MR) is 56.0 cm³/mol. The Morgan fingerprint density at radius 1 is 1.55 bits per heavy atom. The quantitative estimate of drug-likeness (QED) is 0.326. The number of unbranched alkanes of at least 4 members (excludes halogenated alkanes) is 2.